The third-order valence-corrected chi connectivity index (χ3v) is 7.56. The highest BCUT2D eigenvalue weighted by Gasteiger charge is 2.32. The predicted molar refractivity (Wildman–Crippen MR) is 116 cm³/mol. The molecule has 1 fully saturated rings. The zero-order valence-corrected chi connectivity index (χ0v) is 17.9. The molecule has 1 aliphatic rings. The van der Waals surface area contributed by atoms with Gasteiger partial charge < -0.3 is 0 Å². The summed E-state index contributed by atoms with van der Waals surface area (Å²) in [5, 5.41) is 0.681. The first-order valence-corrected chi connectivity index (χ1v) is 11.6. The fraction of sp³-hybridized carbons (Fsp3) is 0.217. The molecule has 0 spiro atoms. The second kappa shape index (κ2) is 8.86. The summed E-state index contributed by atoms with van der Waals surface area (Å²) in [7, 11) is -3.64. The van der Waals surface area contributed by atoms with Crippen molar-refractivity contribution in [3.05, 3.63) is 101 Å². The molecule has 0 radical (unpaired) electrons. The van der Waals surface area contributed by atoms with Gasteiger partial charge in [-0.05, 0) is 47.5 Å². The second-order valence-corrected chi connectivity index (χ2v) is 9.63. The minimum absolute atomic E-state index is 0.0131. The van der Waals surface area contributed by atoms with Crippen molar-refractivity contribution in [2.24, 2.45) is 0 Å². The Morgan fingerprint density at radius 1 is 0.767 bits per heavy atom. The number of rotatable bonds is 5. The number of halogens is 2. The topological polar surface area (TPSA) is 40.6 Å². The van der Waals surface area contributed by atoms with Crippen LogP contribution in [0.2, 0.25) is 5.02 Å². The minimum atomic E-state index is -3.64. The zero-order valence-electron chi connectivity index (χ0n) is 16.3. The first kappa shape index (κ1) is 21.0. The van der Waals surface area contributed by atoms with Crippen molar-refractivity contribution in [1.82, 2.24) is 9.21 Å². The Bertz CT molecular complexity index is 1080. The summed E-state index contributed by atoms with van der Waals surface area (Å²) in [6.07, 6.45) is 0. The standard InChI is InChI=1S/C23H22ClFN2O2S/c24-20-8-6-19(7-9-20)23(18-4-2-1-3-5-18)26-14-16-27(17-15-26)30(28,29)22-12-10-21(25)11-13-22/h1-13,23H,14-17H2/t23-/m1/s1. The fourth-order valence-electron chi connectivity index (χ4n) is 3.85. The molecule has 1 heterocycles. The Balaban J connectivity index is 1.56. The Morgan fingerprint density at radius 2 is 1.33 bits per heavy atom. The van der Waals surface area contributed by atoms with Crippen LogP contribution in [0.15, 0.2) is 83.8 Å². The lowest BCUT2D eigenvalue weighted by atomic mass is 9.96. The van der Waals surface area contributed by atoms with Crippen LogP contribution in [-0.2, 0) is 10.0 Å². The lowest BCUT2D eigenvalue weighted by molar-refractivity contribution is 0.156. The average molecular weight is 445 g/mol. The van der Waals surface area contributed by atoms with E-state index in [-0.39, 0.29) is 10.9 Å². The summed E-state index contributed by atoms with van der Waals surface area (Å²) in [6, 6.07) is 22.9. The summed E-state index contributed by atoms with van der Waals surface area (Å²) in [6.45, 7) is 1.92. The molecule has 3 aromatic carbocycles. The van der Waals surface area contributed by atoms with E-state index in [2.05, 4.69) is 17.0 Å². The Labute approximate surface area is 181 Å². The first-order valence-electron chi connectivity index (χ1n) is 9.75. The Morgan fingerprint density at radius 3 is 1.93 bits per heavy atom. The first-order chi connectivity index (χ1) is 14.4. The smallest absolute Gasteiger partial charge is 0.243 e. The molecular weight excluding hydrogens is 423 g/mol. The molecule has 0 aromatic heterocycles. The van der Waals surface area contributed by atoms with Gasteiger partial charge in [0, 0.05) is 31.2 Å². The molecule has 0 aliphatic carbocycles. The number of sulfonamides is 1. The molecule has 7 heteroatoms. The van der Waals surface area contributed by atoms with Crippen LogP contribution < -0.4 is 0 Å². The van der Waals surface area contributed by atoms with Crippen molar-refractivity contribution >= 4 is 21.6 Å². The van der Waals surface area contributed by atoms with Gasteiger partial charge in [-0.25, -0.2) is 12.8 Å². The molecule has 0 unspecified atom stereocenters. The molecule has 4 rings (SSSR count). The maximum Gasteiger partial charge on any atom is 0.243 e. The highest BCUT2D eigenvalue weighted by atomic mass is 35.5. The molecule has 1 aliphatic heterocycles. The average Bonchev–Trinajstić information content (AvgIpc) is 2.77. The van der Waals surface area contributed by atoms with Crippen molar-refractivity contribution in [2.45, 2.75) is 10.9 Å². The SMILES string of the molecule is O=S(=O)(c1ccc(F)cc1)N1CCN([C@H](c2ccccc2)c2ccc(Cl)cc2)CC1. The van der Waals surface area contributed by atoms with E-state index in [1.54, 1.807) is 0 Å². The van der Waals surface area contributed by atoms with E-state index in [4.69, 9.17) is 11.6 Å². The minimum Gasteiger partial charge on any atom is -0.290 e. The number of hydrogen-bond donors (Lipinski definition) is 0. The van der Waals surface area contributed by atoms with E-state index in [1.807, 2.05) is 42.5 Å². The predicted octanol–water partition coefficient (Wildman–Crippen LogP) is 4.58. The van der Waals surface area contributed by atoms with Gasteiger partial charge in [0.1, 0.15) is 5.82 Å². The molecule has 3 aromatic rings. The van der Waals surface area contributed by atoms with Crippen LogP contribution in [0.5, 0.6) is 0 Å². The van der Waals surface area contributed by atoms with Gasteiger partial charge in [-0.3, -0.25) is 4.90 Å². The number of piperazine rings is 1. The lowest BCUT2D eigenvalue weighted by Crippen LogP contribution is -2.49. The van der Waals surface area contributed by atoms with Gasteiger partial charge in [0.2, 0.25) is 10.0 Å². The maximum atomic E-state index is 13.2. The summed E-state index contributed by atoms with van der Waals surface area (Å²) in [5.74, 6) is -0.451. The van der Waals surface area contributed by atoms with Crippen molar-refractivity contribution in [1.29, 1.82) is 0 Å². The largest absolute Gasteiger partial charge is 0.290 e. The molecule has 0 amide bonds. The summed E-state index contributed by atoms with van der Waals surface area (Å²) >= 11 is 6.07. The van der Waals surface area contributed by atoms with Crippen molar-refractivity contribution < 1.29 is 12.8 Å². The molecule has 1 saturated heterocycles. The monoisotopic (exact) mass is 444 g/mol. The van der Waals surface area contributed by atoms with E-state index in [1.165, 1.54) is 28.6 Å². The summed E-state index contributed by atoms with van der Waals surface area (Å²) in [4.78, 5) is 2.41. The van der Waals surface area contributed by atoms with Crippen molar-refractivity contribution in [2.75, 3.05) is 26.2 Å². The van der Waals surface area contributed by atoms with E-state index >= 15 is 0 Å². The highest BCUT2D eigenvalue weighted by Crippen LogP contribution is 2.31. The molecule has 30 heavy (non-hydrogen) atoms. The third-order valence-electron chi connectivity index (χ3n) is 5.39. The van der Waals surface area contributed by atoms with Gasteiger partial charge in [-0.1, -0.05) is 54.1 Å². The molecule has 0 saturated carbocycles. The maximum absolute atomic E-state index is 13.2. The van der Waals surface area contributed by atoms with Crippen LogP contribution in [0.3, 0.4) is 0 Å². The Kier molecular flexibility index (Phi) is 6.20. The van der Waals surface area contributed by atoms with Crippen LogP contribution >= 0.6 is 11.6 Å². The van der Waals surface area contributed by atoms with E-state index in [9.17, 15) is 12.8 Å². The van der Waals surface area contributed by atoms with Crippen LogP contribution in [0.4, 0.5) is 4.39 Å². The molecular formula is C23H22ClFN2O2S. The second-order valence-electron chi connectivity index (χ2n) is 7.26. The lowest BCUT2D eigenvalue weighted by Gasteiger charge is -2.39. The van der Waals surface area contributed by atoms with Gasteiger partial charge >= 0.3 is 0 Å². The fourth-order valence-corrected chi connectivity index (χ4v) is 5.40. The van der Waals surface area contributed by atoms with Gasteiger partial charge in [0.05, 0.1) is 10.9 Å². The normalized spacial score (nSPS) is 17.0. The summed E-state index contributed by atoms with van der Waals surface area (Å²) in [5.41, 5.74) is 2.26. The number of benzene rings is 3. The highest BCUT2D eigenvalue weighted by molar-refractivity contribution is 7.89. The zero-order chi connectivity index (χ0) is 21.1. The van der Waals surface area contributed by atoms with E-state index < -0.39 is 15.8 Å². The third kappa shape index (κ3) is 4.42. The van der Waals surface area contributed by atoms with Crippen LogP contribution in [0.1, 0.15) is 17.2 Å². The molecule has 1 atom stereocenters. The van der Waals surface area contributed by atoms with Gasteiger partial charge in [0.15, 0.2) is 0 Å². The quantitative estimate of drug-likeness (QED) is 0.578. The molecule has 156 valence electrons. The van der Waals surface area contributed by atoms with Crippen molar-refractivity contribution in [3.8, 4) is 0 Å². The van der Waals surface area contributed by atoms with Gasteiger partial charge in [0.25, 0.3) is 0 Å². The Hall–Kier alpha value is -2.25. The number of hydrogen-bond acceptors (Lipinski definition) is 3. The van der Waals surface area contributed by atoms with E-state index in [0.29, 0.717) is 31.2 Å². The molecule has 0 N–H and O–H groups in total. The molecule has 0 bridgehead atoms. The number of nitrogens with zero attached hydrogens (tertiary/aromatic N) is 2. The van der Waals surface area contributed by atoms with E-state index in [0.717, 1.165) is 11.1 Å². The van der Waals surface area contributed by atoms with Gasteiger partial charge in [-0.15, -0.1) is 0 Å². The van der Waals surface area contributed by atoms with Crippen LogP contribution in [0, 0.1) is 5.82 Å². The van der Waals surface area contributed by atoms with Crippen LogP contribution in [0.25, 0.3) is 0 Å². The van der Waals surface area contributed by atoms with Crippen molar-refractivity contribution in [3.63, 3.8) is 0 Å². The van der Waals surface area contributed by atoms with Gasteiger partial charge in [-0.2, -0.15) is 4.31 Å². The van der Waals surface area contributed by atoms with Crippen LogP contribution in [-0.4, -0.2) is 43.8 Å². The summed E-state index contributed by atoms with van der Waals surface area (Å²) < 4.78 is 40.5. The molecule has 4 nitrogen and oxygen atoms in total.